The number of carbonyl (C=O) groups excluding carboxylic acids is 2. The van der Waals surface area contributed by atoms with E-state index in [2.05, 4.69) is 4.98 Å². The third kappa shape index (κ3) is 4.10. The number of benzene rings is 1. The fourth-order valence-electron chi connectivity index (χ4n) is 3.18. The fraction of sp³-hybridized carbons (Fsp3) is 0.500. The van der Waals surface area contributed by atoms with Crippen molar-refractivity contribution in [3.05, 3.63) is 34.3 Å². The number of hydrogen-bond acceptors (Lipinski definition) is 4. The molecule has 0 spiro atoms. The minimum Gasteiger partial charge on any atom is -0.408 e. The van der Waals surface area contributed by atoms with Crippen LogP contribution in [0.15, 0.2) is 27.4 Å². The van der Waals surface area contributed by atoms with Gasteiger partial charge < -0.3 is 14.2 Å². The zero-order valence-corrected chi connectivity index (χ0v) is 14.4. The van der Waals surface area contributed by atoms with Crippen molar-refractivity contribution in [1.29, 1.82) is 0 Å². The third-order valence-electron chi connectivity index (χ3n) is 4.50. The molecule has 0 aliphatic carbocycles. The SMILES string of the molecule is CCCC(=O)N1CCCN(C(=O)Cc2ccc3oc(=O)[nH]c3c2)CC1. The van der Waals surface area contributed by atoms with Crippen LogP contribution in [-0.2, 0) is 16.0 Å². The Labute approximate surface area is 145 Å². The molecule has 0 atom stereocenters. The van der Waals surface area contributed by atoms with E-state index in [-0.39, 0.29) is 18.2 Å². The van der Waals surface area contributed by atoms with Crippen molar-refractivity contribution >= 4 is 22.9 Å². The first kappa shape index (κ1) is 17.3. The normalized spacial score (nSPS) is 15.4. The summed E-state index contributed by atoms with van der Waals surface area (Å²) in [5, 5.41) is 0. The molecule has 2 amide bonds. The summed E-state index contributed by atoms with van der Waals surface area (Å²) in [6, 6.07) is 5.27. The van der Waals surface area contributed by atoms with E-state index >= 15 is 0 Å². The monoisotopic (exact) mass is 345 g/mol. The molecule has 1 aliphatic rings. The van der Waals surface area contributed by atoms with E-state index in [1.165, 1.54) is 0 Å². The smallest absolute Gasteiger partial charge is 0.408 e. The molecule has 1 aromatic heterocycles. The molecular formula is C18H23N3O4. The summed E-state index contributed by atoms with van der Waals surface area (Å²) >= 11 is 0. The number of nitrogens with zero attached hydrogens (tertiary/aromatic N) is 2. The van der Waals surface area contributed by atoms with Crippen LogP contribution < -0.4 is 5.76 Å². The van der Waals surface area contributed by atoms with E-state index in [0.29, 0.717) is 43.7 Å². The van der Waals surface area contributed by atoms with Crippen molar-refractivity contribution in [3.8, 4) is 0 Å². The van der Waals surface area contributed by atoms with Gasteiger partial charge in [-0.05, 0) is 30.5 Å². The van der Waals surface area contributed by atoms with Crippen molar-refractivity contribution in [2.45, 2.75) is 32.6 Å². The van der Waals surface area contributed by atoms with Crippen molar-refractivity contribution in [1.82, 2.24) is 14.8 Å². The molecule has 1 N–H and O–H groups in total. The molecule has 1 saturated heterocycles. The lowest BCUT2D eigenvalue weighted by molar-refractivity contribution is -0.133. The van der Waals surface area contributed by atoms with Crippen molar-refractivity contribution in [2.24, 2.45) is 0 Å². The number of hydrogen-bond donors (Lipinski definition) is 1. The highest BCUT2D eigenvalue weighted by molar-refractivity contribution is 5.81. The Balaban J connectivity index is 1.62. The molecule has 0 unspecified atom stereocenters. The van der Waals surface area contributed by atoms with Gasteiger partial charge in [0.2, 0.25) is 11.8 Å². The van der Waals surface area contributed by atoms with Gasteiger partial charge in [0.15, 0.2) is 5.58 Å². The lowest BCUT2D eigenvalue weighted by Crippen LogP contribution is -2.37. The van der Waals surface area contributed by atoms with E-state index in [4.69, 9.17) is 4.42 Å². The van der Waals surface area contributed by atoms with Gasteiger partial charge >= 0.3 is 5.76 Å². The first-order valence-electron chi connectivity index (χ1n) is 8.74. The number of amides is 2. The zero-order chi connectivity index (χ0) is 17.8. The molecule has 0 saturated carbocycles. The fourth-order valence-corrected chi connectivity index (χ4v) is 3.18. The minimum atomic E-state index is -0.497. The van der Waals surface area contributed by atoms with E-state index < -0.39 is 5.76 Å². The van der Waals surface area contributed by atoms with Gasteiger partial charge in [0, 0.05) is 32.6 Å². The van der Waals surface area contributed by atoms with Crippen molar-refractivity contribution in [2.75, 3.05) is 26.2 Å². The average molecular weight is 345 g/mol. The molecule has 1 fully saturated rings. The molecule has 0 bridgehead atoms. The third-order valence-corrected chi connectivity index (χ3v) is 4.50. The van der Waals surface area contributed by atoms with Crippen LogP contribution in [-0.4, -0.2) is 52.8 Å². The van der Waals surface area contributed by atoms with Gasteiger partial charge in [-0.3, -0.25) is 14.6 Å². The van der Waals surface area contributed by atoms with E-state index in [9.17, 15) is 14.4 Å². The summed E-state index contributed by atoms with van der Waals surface area (Å²) in [7, 11) is 0. The number of aromatic amines is 1. The molecule has 25 heavy (non-hydrogen) atoms. The highest BCUT2D eigenvalue weighted by Crippen LogP contribution is 2.14. The lowest BCUT2D eigenvalue weighted by atomic mass is 10.1. The number of aromatic nitrogens is 1. The molecule has 7 nitrogen and oxygen atoms in total. The number of rotatable bonds is 4. The second kappa shape index (κ2) is 7.55. The molecule has 0 radical (unpaired) electrons. The first-order valence-corrected chi connectivity index (χ1v) is 8.74. The predicted molar refractivity (Wildman–Crippen MR) is 93.2 cm³/mol. The van der Waals surface area contributed by atoms with Crippen LogP contribution in [0.4, 0.5) is 0 Å². The molecule has 3 rings (SSSR count). The van der Waals surface area contributed by atoms with Crippen LogP contribution >= 0.6 is 0 Å². The molecule has 1 aromatic carbocycles. The molecule has 1 aliphatic heterocycles. The van der Waals surface area contributed by atoms with Gasteiger partial charge in [-0.2, -0.15) is 0 Å². The quantitative estimate of drug-likeness (QED) is 0.910. The number of fused-ring (bicyclic) bond motifs is 1. The van der Waals surface area contributed by atoms with Gasteiger partial charge in [0.05, 0.1) is 11.9 Å². The van der Waals surface area contributed by atoms with Crippen molar-refractivity contribution in [3.63, 3.8) is 0 Å². The first-order chi connectivity index (χ1) is 12.1. The van der Waals surface area contributed by atoms with Crippen LogP contribution in [0.3, 0.4) is 0 Å². The molecule has 7 heteroatoms. The molecule has 134 valence electrons. The van der Waals surface area contributed by atoms with E-state index in [1.807, 2.05) is 16.7 Å². The van der Waals surface area contributed by atoms with E-state index in [0.717, 1.165) is 18.4 Å². The minimum absolute atomic E-state index is 0.0370. The highest BCUT2D eigenvalue weighted by Gasteiger charge is 2.21. The summed E-state index contributed by atoms with van der Waals surface area (Å²) < 4.78 is 4.97. The second-order valence-corrected chi connectivity index (χ2v) is 6.39. The number of oxazole rings is 1. The Bertz CT molecular complexity index is 823. The van der Waals surface area contributed by atoms with Crippen LogP contribution in [0.2, 0.25) is 0 Å². The Morgan fingerprint density at radius 3 is 2.56 bits per heavy atom. The maximum absolute atomic E-state index is 12.6. The van der Waals surface area contributed by atoms with Crippen molar-refractivity contribution < 1.29 is 14.0 Å². The van der Waals surface area contributed by atoms with Gasteiger partial charge in [-0.15, -0.1) is 0 Å². The zero-order valence-electron chi connectivity index (χ0n) is 14.4. The summed E-state index contributed by atoms with van der Waals surface area (Å²) in [5.41, 5.74) is 1.92. The second-order valence-electron chi connectivity index (χ2n) is 6.39. The van der Waals surface area contributed by atoms with E-state index in [1.54, 1.807) is 18.2 Å². The van der Waals surface area contributed by atoms with Crippen LogP contribution in [0.5, 0.6) is 0 Å². The Morgan fingerprint density at radius 2 is 1.84 bits per heavy atom. The Morgan fingerprint density at radius 1 is 1.12 bits per heavy atom. The maximum Gasteiger partial charge on any atom is 0.417 e. The Kier molecular flexibility index (Phi) is 5.21. The topological polar surface area (TPSA) is 86.6 Å². The van der Waals surface area contributed by atoms with Gasteiger partial charge in [0.1, 0.15) is 0 Å². The largest absolute Gasteiger partial charge is 0.417 e. The van der Waals surface area contributed by atoms with Gasteiger partial charge in [-0.1, -0.05) is 13.0 Å². The lowest BCUT2D eigenvalue weighted by Gasteiger charge is -2.22. The van der Waals surface area contributed by atoms with Gasteiger partial charge in [-0.25, -0.2) is 4.79 Å². The number of H-pyrrole nitrogens is 1. The van der Waals surface area contributed by atoms with Crippen LogP contribution in [0.1, 0.15) is 31.7 Å². The average Bonchev–Trinajstić information content (AvgIpc) is 2.79. The summed E-state index contributed by atoms with van der Waals surface area (Å²) in [4.78, 5) is 42.1. The number of carbonyl (C=O) groups is 2. The molecular weight excluding hydrogens is 322 g/mol. The van der Waals surface area contributed by atoms with Crippen LogP contribution in [0, 0.1) is 0 Å². The molecule has 2 heterocycles. The standard InChI is InChI=1S/C18H23N3O4/c1-2-4-16(22)20-7-3-8-21(10-9-20)17(23)12-13-5-6-15-14(11-13)19-18(24)25-15/h5-6,11H,2-4,7-10,12H2,1H3,(H,19,24). The number of nitrogens with one attached hydrogen (secondary N) is 1. The Hall–Kier alpha value is -2.57. The van der Waals surface area contributed by atoms with Crippen LogP contribution in [0.25, 0.3) is 11.1 Å². The summed E-state index contributed by atoms with van der Waals surface area (Å²) in [5.74, 6) is -0.288. The highest BCUT2D eigenvalue weighted by atomic mass is 16.4. The summed E-state index contributed by atoms with van der Waals surface area (Å²) in [6.07, 6.45) is 2.48. The molecule has 2 aromatic rings. The predicted octanol–water partition coefficient (Wildman–Crippen LogP) is 1.52. The van der Waals surface area contributed by atoms with Gasteiger partial charge in [0.25, 0.3) is 0 Å². The maximum atomic E-state index is 12.6. The summed E-state index contributed by atoms with van der Waals surface area (Å²) in [6.45, 7) is 4.54.